The van der Waals surface area contributed by atoms with Gasteiger partial charge >= 0.3 is 11.9 Å². The molecule has 0 N–H and O–H groups in total. The zero-order chi connectivity index (χ0) is 20.2. The van der Waals surface area contributed by atoms with Gasteiger partial charge in [0.05, 0.1) is 16.7 Å². The van der Waals surface area contributed by atoms with E-state index in [0.29, 0.717) is 13.0 Å². The zero-order valence-electron chi connectivity index (χ0n) is 15.3. The Morgan fingerprint density at radius 1 is 0.815 bits per heavy atom. The summed E-state index contributed by atoms with van der Waals surface area (Å²) in [5.41, 5.74) is 0. The summed E-state index contributed by atoms with van der Waals surface area (Å²) in [6, 6.07) is 1.37. The van der Waals surface area contributed by atoms with Gasteiger partial charge in [0.15, 0.2) is 5.75 Å². The van der Waals surface area contributed by atoms with Crippen molar-refractivity contribution in [1.29, 1.82) is 0 Å². The molecular formula is C19H24Cl4O4. The number of rotatable bonds is 12. The molecule has 0 aliphatic heterocycles. The molecule has 0 radical (unpaired) electrons. The topological polar surface area (TPSA) is 52.6 Å². The lowest BCUT2D eigenvalue weighted by molar-refractivity contribution is -0.144. The summed E-state index contributed by atoms with van der Waals surface area (Å²) >= 11 is 23.7. The number of esters is 2. The van der Waals surface area contributed by atoms with Gasteiger partial charge in [-0.05, 0) is 18.9 Å². The molecule has 0 saturated heterocycles. The Morgan fingerprint density at radius 2 is 1.37 bits per heavy atom. The van der Waals surface area contributed by atoms with Crippen LogP contribution in [0, 0.1) is 0 Å². The van der Waals surface area contributed by atoms with Gasteiger partial charge in [-0.15, -0.1) is 0 Å². The summed E-state index contributed by atoms with van der Waals surface area (Å²) in [6.45, 7) is 2.59. The zero-order valence-corrected chi connectivity index (χ0v) is 18.3. The van der Waals surface area contributed by atoms with Crippen LogP contribution in [0.2, 0.25) is 20.1 Å². The van der Waals surface area contributed by atoms with E-state index in [9.17, 15) is 9.59 Å². The molecule has 0 aliphatic carbocycles. The molecule has 0 heterocycles. The van der Waals surface area contributed by atoms with Crippen molar-refractivity contribution in [2.45, 2.75) is 64.7 Å². The highest BCUT2D eigenvalue weighted by molar-refractivity contribution is 6.48. The fourth-order valence-corrected chi connectivity index (χ4v) is 3.19. The standard InChI is InChI=1S/C19H24Cl4O4/c1-2-3-4-5-6-7-11-26-15(24)9-8-10-16(25)27-19-17(22)13(20)12-14(21)18(19)23/h12H,2-11H2,1H3. The number of benzene rings is 1. The third-order valence-electron chi connectivity index (χ3n) is 3.81. The van der Waals surface area contributed by atoms with E-state index in [1.165, 1.54) is 25.3 Å². The van der Waals surface area contributed by atoms with Crippen LogP contribution in [0.5, 0.6) is 5.75 Å². The third kappa shape index (κ3) is 9.38. The summed E-state index contributed by atoms with van der Waals surface area (Å²) < 4.78 is 10.3. The Bertz CT molecular complexity index is 608. The van der Waals surface area contributed by atoms with Crippen LogP contribution in [0.1, 0.15) is 64.7 Å². The molecule has 0 spiro atoms. The van der Waals surface area contributed by atoms with Crippen molar-refractivity contribution in [3.8, 4) is 5.75 Å². The van der Waals surface area contributed by atoms with Gasteiger partial charge in [-0.2, -0.15) is 0 Å². The molecule has 152 valence electrons. The van der Waals surface area contributed by atoms with Gasteiger partial charge in [0.25, 0.3) is 0 Å². The molecule has 0 bridgehead atoms. The summed E-state index contributed by atoms with van der Waals surface area (Å²) in [4.78, 5) is 23.6. The predicted octanol–water partition coefficient (Wildman–Crippen LogP) is 7.28. The minimum absolute atomic E-state index is 0.0118. The second-order valence-electron chi connectivity index (χ2n) is 6.11. The minimum atomic E-state index is -0.583. The lowest BCUT2D eigenvalue weighted by Crippen LogP contribution is -2.11. The van der Waals surface area contributed by atoms with Gasteiger partial charge in [-0.1, -0.05) is 85.4 Å². The molecular weight excluding hydrogens is 434 g/mol. The van der Waals surface area contributed by atoms with Gasteiger partial charge in [0, 0.05) is 12.8 Å². The number of carbonyl (C=O) groups excluding carboxylic acids is 2. The van der Waals surface area contributed by atoms with E-state index in [1.807, 2.05) is 0 Å². The van der Waals surface area contributed by atoms with E-state index in [2.05, 4.69) is 6.92 Å². The van der Waals surface area contributed by atoms with Crippen molar-refractivity contribution in [2.24, 2.45) is 0 Å². The van der Waals surface area contributed by atoms with E-state index in [-0.39, 0.29) is 44.7 Å². The normalized spacial score (nSPS) is 10.7. The minimum Gasteiger partial charge on any atom is -0.466 e. The molecule has 1 aromatic rings. The van der Waals surface area contributed by atoms with Crippen LogP contribution < -0.4 is 4.74 Å². The number of hydrogen-bond acceptors (Lipinski definition) is 4. The molecule has 0 fully saturated rings. The van der Waals surface area contributed by atoms with E-state index in [0.717, 1.165) is 19.3 Å². The summed E-state index contributed by atoms with van der Waals surface area (Å²) in [5, 5.41) is 0.287. The average Bonchev–Trinajstić information content (AvgIpc) is 2.63. The van der Waals surface area contributed by atoms with Gasteiger partial charge in [-0.3, -0.25) is 9.59 Å². The number of carbonyl (C=O) groups is 2. The average molecular weight is 458 g/mol. The Morgan fingerprint density at radius 3 is 2.00 bits per heavy atom. The highest BCUT2D eigenvalue weighted by Crippen LogP contribution is 2.42. The fourth-order valence-electron chi connectivity index (χ4n) is 2.32. The van der Waals surface area contributed by atoms with Gasteiger partial charge in [0.1, 0.15) is 10.0 Å². The van der Waals surface area contributed by atoms with Crippen molar-refractivity contribution in [1.82, 2.24) is 0 Å². The van der Waals surface area contributed by atoms with Gasteiger partial charge < -0.3 is 9.47 Å². The maximum Gasteiger partial charge on any atom is 0.311 e. The van der Waals surface area contributed by atoms with Crippen molar-refractivity contribution in [3.63, 3.8) is 0 Å². The molecule has 0 aromatic heterocycles. The smallest absolute Gasteiger partial charge is 0.311 e. The van der Waals surface area contributed by atoms with E-state index >= 15 is 0 Å². The van der Waals surface area contributed by atoms with E-state index in [4.69, 9.17) is 55.9 Å². The van der Waals surface area contributed by atoms with E-state index < -0.39 is 5.97 Å². The first-order chi connectivity index (χ1) is 12.9. The fraction of sp³-hybridized carbons (Fsp3) is 0.579. The van der Waals surface area contributed by atoms with Gasteiger partial charge in [-0.25, -0.2) is 0 Å². The first-order valence-electron chi connectivity index (χ1n) is 9.06. The summed E-state index contributed by atoms with van der Waals surface area (Å²) in [7, 11) is 0. The number of halogens is 4. The molecule has 1 aromatic carbocycles. The lowest BCUT2D eigenvalue weighted by Gasteiger charge is -2.10. The molecule has 0 unspecified atom stereocenters. The third-order valence-corrected chi connectivity index (χ3v) is 5.35. The Balaban J connectivity index is 2.25. The Kier molecular flexibility index (Phi) is 12.2. The number of unbranched alkanes of at least 4 members (excludes halogenated alkanes) is 5. The second-order valence-corrected chi connectivity index (χ2v) is 7.68. The van der Waals surface area contributed by atoms with E-state index in [1.54, 1.807) is 0 Å². The summed E-state index contributed by atoms with van der Waals surface area (Å²) in [5.74, 6) is -0.981. The molecule has 4 nitrogen and oxygen atoms in total. The van der Waals surface area contributed by atoms with Crippen LogP contribution in [-0.4, -0.2) is 18.5 Å². The quantitative estimate of drug-likeness (QED) is 0.143. The van der Waals surface area contributed by atoms with Crippen molar-refractivity contribution >= 4 is 58.3 Å². The van der Waals surface area contributed by atoms with Crippen LogP contribution >= 0.6 is 46.4 Å². The molecule has 1 rings (SSSR count). The first kappa shape index (κ1) is 24.4. The maximum atomic E-state index is 11.9. The largest absolute Gasteiger partial charge is 0.466 e. The Labute approximate surface area is 180 Å². The lowest BCUT2D eigenvalue weighted by atomic mass is 10.1. The molecule has 0 aliphatic rings. The molecule has 8 heteroatoms. The maximum absolute atomic E-state index is 11.9. The van der Waals surface area contributed by atoms with Crippen molar-refractivity contribution in [3.05, 3.63) is 26.2 Å². The van der Waals surface area contributed by atoms with Crippen LogP contribution in [0.15, 0.2) is 6.07 Å². The number of hydrogen-bond donors (Lipinski definition) is 0. The highest BCUT2D eigenvalue weighted by Gasteiger charge is 2.18. The second kappa shape index (κ2) is 13.5. The highest BCUT2D eigenvalue weighted by atomic mass is 35.5. The monoisotopic (exact) mass is 456 g/mol. The molecule has 0 atom stereocenters. The molecule has 0 amide bonds. The predicted molar refractivity (Wildman–Crippen MR) is 110 cm³/mol. The summed E-state index contributed by atoms with van der Waals surface area (Å²) in [6.07, 6.45) is 7.22. The molecule has 0 saturated carbocycles. The van der Waals surface area contributed by atoms with Gasteiger partial charge in [0.2, 0.25) is 0 Å². The van der Waals surface area contributed by atoms with Crippen LogP contribution in [0.3, 0.4) is 0 Å². The number of ether oxygens (including phenoxy) is 2. The Hall–Kier alpha value is -0.680. The van der Waals surface area contributed by atoms with Crippen molar-refractivity contribution in [2.75, 3.05) is 6.61 Å². The van der Waals surface area contributed by atoms with Crippen LogP contribution in [0.25, 0.3) is 0 Å². The van der Waals surface area contributed by atoms with Crippen LogP contribution in [-0.2, 0) is 14.3 Å². The van der Waals surface area contributed by atoms with Crippen molar-refractivity contribution < 1.29 is 19.1 Å². The van der Waals surface area contributed by atoms with Crippen LogP contribution in [0.4, 0.5) is 0 Å². The first-order valence-corrected chi connectivity index (χ1v) is 10.6. The SMILES string of the molecule is CCCCCCCCOC(=O)CCCC(=O)Oc1c(Cl)c(Cl)cc(Cl)c1Cl. The molecule has 27 heavy (non-hydrogen) atoms.